The summed E-state index contributed by atoms with van der Waals surface area (Å²) in [5, 5.41) is 10.5. The molecule has 0 saturated heterocycles. The van der Waals surface area contributed by atoms with Crippen LogP contribution in [0, 0.1) is 5.41 Å². The van der Waals surface area contributed by atoms with Crippen molar-refractivity contribution in [1.29, 1.82) is 0 Å². The third kappa shape index (κ3) is 2.05. The number of rotatable bonds is 3. The van der Waals surface area contributed by atoms with Crippen LogP contribution in [0.15, 0.2) is 43.0 Å². The number of benzene rings is 1. The molecule has 0 aromatic heterocycles. The van der Waals surface area contributed by atoms with Gasteiger partial charge in [0, 0.05) is 5.41 Å². The van der Waals surface area contributed by atoms with Crippen molar-refractivity contribution in [2.75, 3.05) is 0 Å². The largest absolute Gasteiger partial charge is 0.388 e. The van der Waals surface area contributed by atoms with Crippen molar-refractivity contribution in [3.8, 4) is 0 Å². The second-order valence-electron chi connectivity index (χ2n) is 4.81. The molecule has 0 spiro atoms. The third-order valence-electron chi connectivity index (χ3n) is 3.85. The first kappa shape index (κ1) is 11.4. The summed E-state index contributed by atoms with van der Waals surface area (Å²) in [6, 6.07) is 9.96. The number of hydrogen-bond donors (Lipinski definition) is 1. The average molecular weight is 216 g/mol. The molecule has 1 aromatic carbocycles. The minimum atomic E-state index is -0.397. The van der Waals surface area contributed by atoms with Gasteiger partial charge in [0.25, 0.3) is 0 Å². The Balaban J connectivity index is 2.24. The summed E-state index contributed by atoms with van der Waals surface area (Å²) in [4.78, 5) is 0. The molecule has 1 aliphatic rings. The van der Waals surface area contributed by atoms with Crippen molar-refractivity contribution >= 4 is 0 Å². The molecule has 2 rings (SSSR count). The first-order chi connectivity index (χ1) is 7.78. The van der Waals surface area contributed by atoms with Crippen molar-refractivity contribution in [3.63, 3.8) is 0 Å². The van der Waals surface area contributed by atoms with E-state index in [2.05, 4.69) is 6.58 Å². The second kappa shape index (κ2) is 4.84. The molecule has 1 nitrogen and oxygen atoms in total. The monoisotopic (exact) mass is 216 g/mol. The van der Waals surface area contributed by atoms with Crippen LogP contribution in [0.4, 0.5) is 0 Å². The van der Waals surface area contributed by atoms with Crippen LogP contribution >= 0.6 is 0 Å². The van der Waals surface area contributed by atoms with E-state index in [4.69, 9.17) is 0 Å². The first-order valence-electron chi connectivity index (χ1n) is 6.15. The molecule has 1 aliphatic carbocycles. The molecule has 0 heterocycles. The molecule has 1 fully saturated rings. The fraction of sp³-hybridized carbons (Fsp3) is 0.467. The van der Waals surface area contributed by atoms with E-state index in [0.29, 0.717) is 0 Å². The lowest BCUT2D eigenvalue weighted by Crippen LogP contribution is -2.29. The summed E-state index contributed by atoms with van der Waals surface area (Å²) < 4.78 is 0. The van der Waals surface area contributed by atoms with Crippen molar-refractivity contribution in [1.82, 2.24) is 0 Å². The van der Waals surface area contributed by atoms with Crippen LogP contribution in [0.1, 0.15) is 43.8 Å². The van der Waals surface area contributed by atoms with Gasteiger partial charge < -0.3 is 5.11 Å². The van der Waals surface area contributed by atoms with Crippen LogP contribution in [-0.2, 0) is 0 Å². The minimum absolute atomic E-state index is 0.0976. The molecule has 16 heavy (non-hydrogen) atoms. The molecule has 1 N–H and O–H groups in total. The van der Waals surface area contributed by atoms with Crippen molar-refractivity contribution < 1.29 is 5.11 Å². The molecule has 1 atom stereocenters. The minimum Gasteiger partial charge on any atom is -0.388 e. The fourth-order valence-corrected chi connectivity index (χ4v) is 2.77. The predicted octanol–water partition coefficient (Wildman–Crippen LogP) is 3.86. The Labute approximate surface area is 97.8 Å². The smallest absolute Gasteiger partial charge is 0.0880 e. The van der Waals surface area contributed by atoms with E-state index < -0.39 is 6.10 Å². The van der Waals surface area contributed by atoms with Gasteiger partial charge in [-0.05, 0) is 18.4 Å². The summed E-state index contributed by atoms with van der Waals surface area (Å²) in [6.45, 7) is 3.94. The summed E-state index contributed by atoms with van der Waals surface area (Å²) >= 11 is 0. The summed E-state index contributed by atoms with van der Waals surface area (Å²) in [5.41, 5.74) is 0.920. The fourth-order valence-electron chi connectivity index (χ4n) is 2.77. The highest BCUT2D eigenvalue weighted by atomic mass is 16.3. The summed E-state index contributed by atoms with van der Waals surface area (Å²) in [5.74, 6) is 0. The molecular formula is C15H20O. The van der Waals surface area contributed by atoms with Crippen LogP contribution in [0.3, 0.4) is 0 Å². The van der Waals surface area contributed by atoms with Crippen LogP contribution in [0.2, 0.25) is 0 Å². The van der Waals surface area contributed by atoms with E-state index >= 15 is 0 Å². The van der Waals surface area contributed by atoms with Crippen LogP contribution < -0.4 is 0 Å². The third-order valence-corrected chi connectivity index (χ3v) is 3.85. The van der Waals surface area contributed by atoms with Gasteiger partial charge in [0.2, 0.25) is 0 Å². The van der Waals surface area contributed by atoms with Crippen molar-refractivity contribution in [2.45, 2.75) is 38.2 Å². The molecule has 0 radical (unpaired) electrons. The first-order valence-corrected chi connectivity index (χ1v) is 6.15. The van der Waals surface area contributed by atoms with E-state index in [-0.39, 0.29) is 5.41 Å². The lowest BCUT2D eigenvalue weighted by molar-refractivity contribution is 0.0306. The molecule has 0 bridgehead atoms. The van der Waals surface area contributed by atoms with Crippen LogP contribution in [0.5, 0.6) is 0 Å². The maximum atomic E-state index is 10.5. The zero-order valence-corrected chi connectivity index (χ0v) is 9.73. The number of aliphatic hydroxyl groups excluding tert-OH is 1. The van der Waals surface area contributed by atoms with Gasteiger partial charge in [-0.2, -0.15) is 0 Å². The molecule has 0 aliphatic heterocycles. The summed E-state index contributed by atoms with van der Waals surface area (Å²) in [6.07, 6.45) is 7.40. The Morgan fingerprint density at radius 3 is 2.31 bits per heavy atom. The van der Waals surface area contributed by atoms with Gasteiger partial charge in [0.15, 0.2) is 0 Å². The molecule has 0 unspecified atom stereocenters. The number of hydrogen-bond acceptors (Lipinski definition) is 1. The van der Waals surface area contributed by atoms with Gasteiger partial charge in [-0.25, -0.2) is 0 Å². The van der Waals surface area contributed by atoms with Crippen LogP contribution in [0.25, 0.3) is 0 Å². The molecule has 1 saturated carbocycles. The standard InChI is InChI=1S/C15H20O/c1-2-15(11-7-4-8-12-15)14(16)13-9-5-3-6-10-13/h2-3,5-6,9-10,14,16H,1,4,7-8,11-12H2/t14-/m0/s1. The Morgan fingerprint density at radius 2 is 1.75 bits per heavy atom. The maximum absolute atomic E-state index is 10.5. The highest BCUT2D eigenvalue weighted by molar-refractivity contribution is 5.22. The Morgan fingerprint density at radius 1 is 1.12 bits per heavy atom. The second-order valence-corrected chi connectivity index (χ2v) is 4.81. The van der Waals surface area contributed by atoms with E-state index in [1.54, 1.807) is 0 Å². The number of aliphatic hydroxyl groups is 1. The molecule has 1 heteroatoms. The Bertz CT molecular complexity index is 336. The van der Waals surface area contributed by atoms with Crippen molar-refractivity contribution in [2.24, 2.45) is 5.41 Å². The summed E-state index contributed by atoms with van der Waals surface area (Å²) in [7, 11) is 0. The normalized spacial score (nSPS) is 21.3. The van der Waals surface area contributed by atoms with Gasteiger partial charge in [-0.3, -0.25) is 0 Å². The average Bonchev–Trinajstić information content (AvgIpc) is 2.39. The Hall–Kier alpha value is -1.08. The molecule has 1 aromatic rings. The van der Waals surface area contributed by atoms with Gasteiger partial charge in [0.05, 0.1) is 6.10 Å². The molecule has 86 valence electrons. The lowest BCUT2D eigenvalue weighted by Gasteiger charge is -2.38. The highest BCUT2D eigenvalue weighted by Crippen LogP contribution is 2.46. The SMILES string of the molecule is C=CC1([C@@H](O)c2ccccc2)CCCCC1. The maximum Gasteiger partial charge on any atom is 0.0880 e. The van der Waals surface area contributed by atoms with E-state index in [0.717, 1.165) is 18.4 Å². The predicted molar refractivity (Wildman–Crippen MR) is 67.1 cm³/mol. The zero-order chi connectivity index (χ0) is 11.4. The van der Waals surface area contributed by atoms with Gasteiger partial charge >= 0.3 is 0 Å². The van der Waals surface area contributed by atoms with Crippen molar-refractivity contribution in [3.05, 3.63) is 48.6 Å². The van der Waals surface area contributed by atoms with Gasteiger partial charge in [-0.15, -0.1) is 6.58 Å². The quantitative estimate of drug-likeness (QED) is 0.761. The van der Waals surface area contributed by atoms with Crippen LogP contribution in [-0.4, -0.2) is 5.11 Å². The van der Waals surface area contributed by atoms with E-state index in [9.17, 15) is 5.11 Å². The highest BCUT2D eigenvalue weighted by Gasteiger charge is 2.36. The zero-order valence-electron chi connectivity index (χ0n) is 9.73. The molecular weight excluding hydrogens is 196 g/mol. The van der Waals surface area contributed by atoms with Gasteiger partial charge in [0.1, 0.15) is 0 Å². The molecule has 0 amide bonds. The Kier molecular flexibility index (Phi) is 3.45. The topological polar surface area (TPSA) is 20.2 Å². The lowest BCUT2D eigenvalue weighted by atomic mass is 9.68. The van der Waals surface area contributed by atoms with E-state index in [1.807, 2.05) is 36.4 Å². The van der Waals surface area contributed by atoms with Gasteiger partial charge in [-0.1, -0.05) is 55.7 Å². The van der Waals surface area contributed by atoms with E-state index in [1.165, 1.54) is 19.3 Å².